The summed E-state index contributed by atoms with van der Waals surface area (Å²) >= 11 is 0. The van der Waals surface area contributed by atoms with Crippen LogP contribution in [0.4, 0.5) is 5.69 Å². The Hall–Kier alpha value is -1.51. The van der Waals surface area contributed by atoms with E-state index in [-0.39, 0.29) is 0 Å². The quantitative estimate of drug-likeness (QED) is 0.885. The van der Waals surface area contributed by atoms with Crippen LogP contribution in [0, 0.1) is 18.8 Å². The third kappa shape index (κ3) is 2.60. The van der Waals surface area contributed by atoms with E-state index >= 15 is 0 Å². The fourth-order valence-corrected chi connectivity index (χ4v) is 3.22. The van der Waals surface area contributed by atoms with E-state index < -0.39 is 5.97 Å². The van der Waals surface area contributed by atoms with Crippen LogP contribution in [0.1, 0.15) is 43.1 Å². The Morgan fingerprint density at radius 3 is 2.63 bits per heavy atom. The van der Waals surface area contributed by atoms with Gasteiger partial charge in [0, 0.05) is 12.6 Å². The first-order chi connectivity index (χ1) is 8.91. The molecule has 3 heteroatoms. The molecule has 0 aliphatic carbocycles. The highest BCUT2D eigenvalue weighted by molar-refractivity contribution is 5.95. The number of carbonyl (C=O) groups is 1. The second kappa shape index (κ2) is 5.24. The molecule has 0 bridgehead atoms. The summed E-state index contributed by atoms with van der Waals surface area (Å²) in [5, 5.41) is 9.41. The lowest BCUT2D eigenvalue weighted by molar-refractivity contribution is 0.0697. The second-order valence-corrected chi connectivity index (χ2v) is 5.99. The molecule has 1 fully saturated rings. The van der Waals surface area contributed by atoms with Crippen LogP contribution in [0.15, 0.2) is 18.2 Å². The minimum Gasteiger partial charge on any atom is -0.478 e. The summed E-state index contributed by atoms with van der Waals surface area (Å²) < 4.78 is 0. The predicted molar refractivity (Wildman–Crippen MR) is 77.9 cm³/mol. The molecule has 1 aromatic rings. The number of hydrogen-bond donors (Lipinski definition) is 1. The number of benzene rings is 1. The van der Waals surface area contributed by atoms with Crippen LogP contribution in [-0.2, 0) is 0 Å². The van der Waals surface area contributed by atoms with Crippen LogP contribution >= 0.6 is 0 Å². The van der Waals surface area contributed by atoms with Crippen molar-refractivity contribution in [3.05, 3.63) is 29.3 Å². The SMILES string of the molecule is Cc1cccc(C(=O)O)c1N1CC(C)CC(C)C1C. The number of nitrogens with zero attached hydrogens (tertiary/aromatic N) is 1. The van der Waals surface area contributed by atoms with E-state index in [0.717, 1.165) is 17.8 Å². The molecule has 0 aromatic heterocycles. The van der Waals surface area contributed by atoms with Crippen LogP contribution in [0.3, 0.4) is 0 Å². The molecule has 2 rings (SSSR count). The molecule has 0 spiro atoms. The number of anilines is 1. The summed E-state index contributed by atoms with van der Waals surface area (Å²) in [6, 6.07) is 5.92. The molecule has 19 heavy (non-hydrogen) atoms. The van der Waals surface area contributed by atoms with E-state index in [1.165, 1.54) is 6.42 Å². The van der Waals surface area contributed by atoms with Crippen molar-refractivity contribution >= 4 is 11.7 Å². The van der Waals surface area contributed by atoms with Gasteiger partial charge in [0.2, 0.25) is 0 Å². The van der Waals surface area contributed by atoms with Gasteiger partial charge in [0.1, 0.15) is 0 Å². The van der Waals surface area contributed by atoms with E-state index in [2.05, 4.69) is 25.7 Å². The van der Waals surface area contributed by atoms with Gasteiger partial charge in [0.25, 0.3) is 0 Å². The van der Waals surface area contributed by atoms with Gasteiger partial charge in [0.15, 0.2) is 0 Å². The molecule has 0 radical (unpaired) electrons. The number of hydrogen-bond acceptors (Lipinski definition) is 2. The monoisotopic (exact) mass is 261 g/mol. The molecule has 3 unspecified atom stereocenters. The van der Waals surface area contributed by atoms with E-state index in [4.69, 9.17) is 0 Å². The van der Waals surface area contributed by atoms with Gasteiger partial charge in [-0.2, -0.15) is 0 Å². The lowest BCUT2D eigenvalue weighted by Gasteiger charge is -2.43. The second-order valence-electron chi connectivity index (χ2n) is 5.99. The van der Waals surface area contributed by atoms with E-state index in [0.29, 0.717) is 23.4 Å². The summed E-state index contributed by atoms with van der Waals surface area (Å²) in [6.07, 6.45) is 1.21. The molecule has 1 heterocycles. The van der Waals surface area contributed by atoms with Gasteiger partial charge in [-0.25, -0.2) is 4.79 Å². The first kappa shape index (κ1) is 13.9. The molecule has 1 aliphatic rings. The van der Waals surface area contributed by atoms with Gasteiger partial charge in [-0.1, -0.05) is 26.0 Å². The number of rotatable bonds is 2. The van der Waals surface area contributed by atoms with Gasteiger partial charge in [-0.15, -0.1) is 0 Å². The van der Waals surface area contributed by atoms with Gasteiger partial charge in [-0.3, -0.25) is 0 Å². The predicted octanol–water partition coefficient (Wildman–Crippen LogP) is 3.56. The van der Waals surface area contributed by atoms with Gasteiger partial charge in [0.05, 0.1) is 11.3 Å². The van der Waals surface area contributed by atoms with Gasteiger partial charge < -0.3 is 10.0 Å². The number of aromatic carboxylic acids is 1. The summed E-state index contributed by atoms with van der Waals surface area (Å²) in [5.41, 5.74) is 2.38. The molecule has 3 nitrogen and oxygen atoms in total. The molecule has 3 atom stereocenters. The van der Waals surface area contributed by atoms with Crippen molar-refractivity contribution in [3.63, 3.8) is 0 Å². The third-order valence-electron chi connectivity index (χ3n) is 4.35. The van der Waals surface area contributed by atoms with Crippen molar-refractivity contribution in [1.29, 1.82) is 0 Å². The van der Waals surface area contributed by atoms with Crippen LogP contribution in [0.5, 0.6) is 0 Å². The average Bonchev–Trinajstić information content (AvgIpc) is 2.33. The minimum atomic E-state index is -0.836. The topological polar surface area (TPSA) is 40.5 Å². The number of para-hydroxylation sites is 1. The zero-order valence-corrected chi connectivity index (χ0v) is 12.2. The Morgan fingerprint density at radius 1 is 1.32 bits per heavy atom. The molecule has 104 valence electrons. The molecule has 1 saturated heterocycles. The van der Waals surface area contributed by atoms with E-state index in [1.807, 2.05) is 19.1 Å². The van der Waals surface area contributed by atoms with Gasteiger partial charge in [-0.05, 0) is 43.7 Å². The van der Waals surface area contributed by atoms with Crippen LogP contribution in [0.25, 0.3) is 0 Å². The lowest BCUT2D eigenvalue weighted by Crippen LogP contribution is -2.46. The number of aryl methyl sites for hydroxylation is 1. The van der Waals surface area contributed by atoms with Crippen molar-refractivity contribution in [2.75, 3.05) is 11.4 Å². The summed E-state index contributed by atoms with van der Waals surface area (Å²) in [4.78, 5) is 13.7. The number of carboxylic acids is 1. The van der Waals surface area contributed by atoms with E-state index in [1.54, 1.807) is 6.07 Å². The van der Waals surface area contributed by atoms with Crippen molar-refractivity contribution in [2.24, 2.45) is 11.8 Å². The molecule has 0 amide bonds. The third-order valence-corrected chi connectivity index (χ3v) is 4.35. The Bertz CT molecular complexity index is 484. The molecule has 0 saturated carbocycles. The van der Waals surface area contributed by atoms with Crippen LogP contribution in [-0.4, -0.2) is 23.7 Å². The number of piperidine rings is 1. The van der Waals surface area contributed by atoms with Crippen molar-refractivity contribution < 1.29 is 9.90 Å². The standard InChI is InChI=1S/C16H23NO2/c1-10-8-12(3)13(4)17(9-10)15-11(2)6-5-7-14(15)16(18)19/h5-7,10,12-13H,8-9H2,1-4H3,(H,18,19). The maximum Gasteiger partial charge on any atom is 0.337 e. The molecular weight excluding hydrogens is 238 g/mol. The number of carboxylic acid groups (broad SMARTS) is 1. The normalized spacial score (nSPS) is 27.4. The zero-order valence-electron chi connectivity index (χ0n) is 12.2. The molecule has 1 aliphatic heterocycles. The van der Waals surface area contributed by atoms with Gasteiger partial charge >= 0.3 is 5.97 Å². The highest BCUT2D eigenvalue weighted by atomic mass is 16.4. The first-order valence-corrected chi connectivity index (χ1v) is 7.01. The Kier molecular flexibility index (Phi) is 3.83. The van der Waals surface area contributed by atoms with E-state index in [9.17, 15) is 9.90 Å². The fraction of sp³-hybridized carbons (Fsp3) is 0.562. The molecule has 1 aromatic carbocycles. The largest absolute Gasteiger partial charge is 0.478 e. The first-order valence-electron chi connectivity index (χ1n) is 7.01. The maximum absolute atomic E-state index is 11.5. The van der Waals surface area contributed by atoms with Crippen molar-refractivity contribution in [3.8, 4) is 0 Å². The highest BCUT2D eigenvalue weighted by Gasteiger charge is 2.31. The summed E-state index contributed by atoms with van der Waals surface area (Å²) in [5.74, 6) is 0.356. The molecular formula is C16H23NO2. The Labute approximate surface area is 115 Å². The maximum atomic E-state index is 11.5. The smallest absolute Gasteiger partial charge is 0.337 e. The lowest BCUT2D eigenvalue weighted by atomic mass is 9.85. The Morgan fingerprint density at radius 2 is 2.00 bits per heavy atom. The van der Waals surface area contributed by atoms with Crippen molar-refractivity contribution in [2.45, 2.75) is 40.2 Å². The average molecular weight is 261 g/mol. The van der Waals surface area contributed by atoms with Crippen LogP contribution < -0.4 is 4.90 Å². The molecule has 1 N–H and O–H groups in total. The summed E-state index contributed by atoms with van der Waals surface area (Å²) in [7, 11) is 0. The minimum absolute atomic E-state index is 0.385. The van der Waals surface area contributed by atoms with Crippen molar-refractivity contribution in [1.82, 2.24) is 0 Å². The van der Waals surface area contributed by atoms with Crippen LogP contribution in [0.2, 0.25) is 0 Å². The summed E-state index contributed by atoms with van der Waals surface area (Å²) in [6.45, 7) is 9.64. The highest BCUT2D eigenvalue weighted by Crippen LogP contribution is 2.35. The Balaban J connectivity index is 2.48. The zero-order chi connectivity index (χ0) is 14.2. The fourth-order valence-electron chi connectivity index (χ4n) is 3.22.